The third kappa shape index (κ3) is 3.77. The first kappa shape index (κ1) is 18.9. The first-order chi connectivity index (χ1) is 13.5. The molecule has 1 amide bonds. The molecule has 0 unspecified atom stereocenters. The van der Waals surface area contributed by atoms with E-state index in [4.69, 9.17) is 0 Å². The normalized spacial score (nSPS) is 24.2. The number of nitrogens with zero attached hydrogens (tertiary/aromatic N) is 3. The van der Waals surface area contributed by atoms with Gasteiger partial charge in [0.25, 0.3) is 5.91 Å². The number of benzene rings is 1. The average molecular weight is 404 g/mol. The maximum atomic E-state index is 13.9. The number of amidine groups is 1. The Morgan fingerprint density at radius 1 is 1.32 bits per heavy atom. The van der Waals surface area contributed by atoms with Gasteiger partial charge in [-0.25, -0.2) is 14.6 Å². The fraction of sp³-hybridized carbons (Fsp3) is 0.421. The number of hydrogen-bond acceptors (Lipinski definition) is 6. The Kier molecular flexibility index (Phi) is 5.36. The molecule has 7 nitrogen and oxygen atoms in total. The van der Waals surface area contributed by atoms with E-state index >= 15 is 0 Å². The van der Waals surface area contributed by atoms with Gasteiger partial charge in [-0.05, 0) is 67.3 Å². The molecule has 0 aliphatic carbocycles. The second kappa shape index (κ2) is 7.92. The number of carboxylic acids is 1. The summed E-state index contributed by atoms with van der Waals surface area (Å²) >= 11 is 1.28. The number of aliphatic carboxylic acids is 1. The minimum Gasteiger partial charge on any atom is -0.480 e. The lowest BCUT2D eigenvalue weighted by molar-refractivity contribution is -0.138. The number of carbonyl (C=O) groups is 2. The van der Waals surface area contributed by atoms with E-state index in [1.807, 2.05) is 5.01 Å². The van der Waals surface area contributed by atoms with Crippen LogP contribution in [0.5, 0.6) is 0 Å². The molecule has 0 spiro atoms. The molecule has 1 aromatic rings. The van der Waals surface area contributed by atoms with Crippen LogP contribution in [-0.2, 0) is 9.59 Å². The number of nitrogens with one attached hydrogen (secondary N) is 1. The molecule has 3 aliphatic heterocycles. The van der Waals surface area contributed by atoms with Crippen LogP contribution in [0.3, 0.4) is 0 Å². The van der Waals surface area contributed by atoms with Gasteiger partial charge in [-0.2, -0.15) is 4.99 Å². The molecule has 9 heteroatoms. The van der Waals surface area contributed by atoms with E-state index in [9.17, 15) is 19.1 Å². The van der Waals surface area contributed by atoms with Crippen LogP contribution >= 0.6 is 11.8 Å². The smallest absolute Gasteiger partial charge is 0.326 e. The summed E-state index contributed by atoms with van der Waals surface area (Å²) in [5.41, 5.74) is 4.34. The Hall–Kier alpha value is -2.39. The molecule has 3 aliphatic rings. The summed E-state index contributed by atoms with van der Waals surface area (Å²) in [5.74, 6) is -1.69. The topological polar surface area (TPSA) is 85.2 Å². The molecule has 28 heavy (non-hydrogen) atoms. The lowest BCUT2D eigenvalue weighted by Gasteiger charge is -2.28. The highest BCUT2D eigenvalue weighted by Crippen LogP contribution is 2.35. The van der Waals surface area contributed by atoms with Crippen molar-refractivity contribution in [2.45, 2.75) is 31.7 Å². The summed E-state index contributed by atoms with van der Waals surface area (Å²) in [4.78, 5) is 30.2. The van der Waals surface area contributed by atoms with Crippen LogP contribution in [0.4, 0.5) is 10.1 Å². The molecule has 3 heterocycles. The maximum absolute atomic E-state index is 13.9. The van der Waals surface area contributed by atoms with Gasteiger partial charge in [0.1, 0.15) is 11.9 Å². The molecule has 2 fully saturated rings. The number of anilines is 1. The van der Waals surface area contributed by atoms with Crippen molar-refractivity contribution in [1.82, 2.24) is 10.4 Å². The second-order valence-electron chi connectivity index (χ2n) is 6.97. The molecule has 1 aromatic carbocycles. The minimum atomic E-state index is -0.923. The molecule has 1 atom stereocenters. The number of carboxylic acid groups (broad SMARTS) is 1. The van der Waals surface area contributed by atoms with E-state index in [1.165, 1.54) is 23.9 Å². The van der Waals surface area contributed by atoms with Gasteiger partial charge in [0.2, 0.25) is 0 Å². The summed E-state index contributed by atoms with van der Waals surface area (Å²) in [5, 5.41) is 12.0. The Balaban J connectivity index is 1.61. The fourth-order valence-corrected chi connectivity index (χ4v) is 4.62. The summed E-state index contributed by atoms with van der Waals surface area (Å²) in [6, 6.07) is 3.56. The number of thioether (sulfide) groups is 1. The van der Waals surface area contributed by atoms with Gasteiger partial charge in [0.05, 0.1) is 4.91 Å². The largest absolute Gasteiger partial charge is 0.480 e. The Bertz CT molecular complexity index is 867. The first-order valence-electron chi connectivity index (χ1n) is 9.35. The van der Waals surface area contributed by atoms with Crippen LogP contribution in [0, 0.1) is 5.82 Å². The van der Waals surface area contributed by atoms with Crippen LogP contribution < -0.4 is 10.3 Å². The Morgan fingerprint density at radius 2 is 2.18 bits per heavy atom. The van der Waals surface area contributed by atoms with Gasteiger partial charge < -0.3 is 10.0 Å². The van der Waals surface area contributed by atoms with E-state index in [-0.39, 0.29) is 5.91 Å². The molecule has 2 saturated heterocycles. The molecule has 148 valence electrons. The van der Waals surface area contributed by atoms with Crippen molar-refractivity contribution in [1.29, 1.82) is 0 Å². The van der Waals surface area contributed by atoms with Crippen molar-refractivity contribution in [2.24, 2.45) is 4.99 Å². The number of halogens is 1. The van der Waals surface area contributed by atoms with E-state index in [0.29, 0.717) is 34.3 Å². The summed E-state index contributed by atoms with van der Waals surface area (Å²) in [6.45, 7) is 2.18. The number of amides is 1. The summed E-state index contributed by atoms with van der Waals surface area (Å²) in [7, 11) is 0. The van der Waals surface area contributed by atoms with E-state index in [2.05, 4.69) is 10.4 Å². The zero-order valence-electron chi connectivity index (χ0n) is 15.2. The van der Waals surface area contributed by atoms with Crippen molar-refractivity contribution in [3.63, 3.8) is 0 Å². The van der Waals surface area contributed by atoms with E-state index in [0.717, 1.165) is 32.4 Å². The van der Waals surface area contributed by atoms with Gasteiger partial charge in [-0.15, -0.1) is 0 Å². The van der Waals surface area contributed by atoms with Gasteiger partial charge in [0.15, 0.2) is 5.17 Å². The zero-order chi connectivity index (χ0) is 19.7. The second-order valence-corrected chi connectivity index (χ2v) is 7.98. The van der Waals surface area contributed by atoms with Gasteiger partial charge in [0, 0.05) is 25.3 Å². The van der Waals surface area contributed by atoms with Crippen LogP contribution in [0.2, 0.25) is 0 Å². The average Bonchev–Trinajstić information content (AvgIpc) is 3.31. The lowest BCUT2D eigenvalue weighted by Crippen LogP contribution is -2.45. The lowest BCUT2D eigenvalue weighted by atomic mass is 10.1. The Morgan fingerprint density at radius 3 is 2.93 bits per heavy atom. The predicted molar refractivity (Wildman–Crippen MR) is 106 cm³/mol. The van der Waals surface area contributed by atoms with Crippen molar-refractivity contribution in [3.05, 3.63) is 34.5 Å². The first-order valence-corrected chi connectivity index (χ1v) is 10.2. The predicted octanol–water partition coefficient (Wildman–Crippen LogP) is 2.45. The highest BCUT2D eigenvalue weighted by atomic mass is 32.2. The number of hydrogen-bond donors (Lipinski definition) is 2. The minimum absolute atomic E-state index is 0.334. The highest BCUT2D eigenvalue weighted by molar-refractivity contribution is 8.18. The number of rotatable bonds is 3. The maximum Gasteiger partial charge on any atom is 0.326 e. The zero-order valence-corrected chi connectivity index (χ0v) is 16.0. The molecular formula is C19H21FN4O3S. The van der Waals surface area contributed by atoms with Crippen LogP contribution in [0.1, 0.15) is 31.2 Å². The molecule has 2 N–H and O–H groups in total. The SMILES string of the molecule is O=C1N=C(N2CCCCN2)S/C1=C/c1ccc(F)cc1N1CCC[C@H]1C(=O)O. The fourth-order valence-electron chi connectivity index (χ4n) is 3.71. The van der Waals surface area contributed by atoms with Crippen molar-refractivity contribution < 1.29 is 19.1 Å². The van der Waals surface area contributed by atoms with Gasteiger partial charge >= 0.3 is 5.97 Å². The van der Waals surface area contributed by atoms with Crippen molar-refractivity contribution >= 4 is 40.6 Å². The molecule has 4 rings (SSSR count). The molecular weight excluding hydrogens is 383 g/mol. The standard InChI is InChI=1S/C19H21FN4O3S/c20-13-6-5-12(15(11-13)23-8-3-4-14(23)18(26)27)10-16-17(25)22-19(28-16)24-9-2-1-7-21-24/h5-6,10-11,14,21H,1-4,7-9H2,(H,26,27)/b16-10+/t14-/m0/s1. The van der Waals surface area contributed by atoms with Crippen LogP contribution in [0.15, 0.2) is 28.1 Å². The number of hydrazine groups is 1. The monoisotopic (exact) mass is 404 g/mol. The highest BCUT2D eigenvalue weighted by Gasteiger charge is 2.33. The molecule has 0 aromatic heterocycles. The van der Waals surface area contributed by atoms with Gasteiger partial charge in [-0.1, -0.05) is 0 Å². The molecule has 0 bridgehead atoms. The van der Waals surface area contributed by atoms with Crippen molar-refractivity contribution in [3.8, 4) is 0 Å². The number of carbonyl (C=O) groups excluding carboxylic acids is 1. The third-order valence-electron chi connectivity index (χ3n) is 5.08. The summed E-state index contributed by atoms with van der Waals surface area (Å²) in [6.07, 6.45) is 5.05. The van der Waals surface area contributed by atoms with E-state index < -0.39 is 17.8 Å². The molecule has 0 saturated carbocycles. The van der Waals surface area contributed by atoms with Crippen LogP contribution in [0.25, 0.3) is 6.08 Å². The van der Waals surface area contributed by atoms with Gasteiger partial charge in [-0.3, -0.25) is 9.80 Å². The van der Waals surface area contributed by atoms with E-state index in [1.54, 1.807) is 17.0 Å². The Labute approximate surface area is 166 Å². The third-order valence-corrected chi connectivity index (χ3v) is 6.08. The molecule has 0 radical (unpaired) electrons. The summed E-state index contributed by atoms with van der Waals surface area (Å²) < 4.78 is 13.9. The number of aliphatic imine (C=N–C) groups is 1. The quantitative estimate of drug-likeness (QED) is 0.749. The van der Waals surface area contributed by atoms with Crippen LogP contribution in [-0.4, -0.2) is 52.8 Å². The van der Waals surface area contributed by atoms with Crippen molar-refractivity contribution in [2.75, 3.05) is 24.5 Å².